The van der Waals surface area contributed by atoms with E-state index in [0.717, 1.165) is 22.0 Å². The molecule has 0 aliphatic rings. The van der Waals surface area contributed by atoms with E-state index >= 15 is 0 Å². The lowest BCUT2D eigenvalue weighted by molar-refractivity contribution is -0.121. The maximum absolute atomic E-state index is 12.3. The van der Waals surface area contributed by atoms with Crippen molar-refractivity contribution < 1.29 is 9.59 Å². The zero-order valence-electron chi connectivity index (χ0n) is 17.3. The quantitative estimate of drug-likeness (QED) is 0.450. The molecule has 2 N–H and O–H groups in total. The zero-order chi connectivity index (χ0) is 21.5. The third-order valence-electron chi connectivity index (χ3n) is 4.69. The minimum atomic E-state index is -0.345. The Balaban J connectivity index is 1.43. The Morgan fingerprint density at radius 1 is 1.07 bits per heavy atom. The summed E-state index contributed by atoms with van der Waals surface area (Å²) in [7, 11) is 1.89. The molecule has 0 atom stereocenters. The van der Waals surface area contributed by atoms with Crippen molar-refractivity contribution in [2.75, 3.05) is 0 Å². The largest absolute Gasteiger partial charge is 0.312 e. The van der Waals surface area contributed by atoms with Gasteiger partial charge in [0, 0.05) is 24.8 Å². The highest BCUT2D eigenvalue weighted by Crippen LogP contribution is 2.20. The van der Waals surface area contributed by atoms with Crippen LogP contribution in [0, 0.1) is 13.8 Å². The number of nitrogens with zero attached hydrogens (tertiary/aromatic N) is 3. The summed E-state index contributed by atoms with van der Waals surface area (Å²) >= 11 is 1.57. The van der Waals surface area contributed by atoms with E-state index in [4.69, 9.17) is 0 Å². The first-order valence-corrected chi connectivity index (χ1v) is 10.6. The number of aromatic nitrogens is 3. The third kappa shape index (κ3) is 5.93. The van der Waals surface area contributed by atoms with Crippen LogP contribution in [0.4, 0.5) is 0 Å². The lowest BCUT2D eigenvalue weighted by Crippen LogP contribution is -2.41. The van der Waals surface area contributed by atoms with Crippen LogP contribution in [0.5, 0.6) is 0 Å². The van der Waals surface area contributed by atoms with E-state index in [9.17, 15) is 9.59 Å². The molecule has 0 spiro atoms. The summed E-state index contributed by atoms with van der Waals surface area (Å²) in [4.78, 5) is 24.3. The first kappa shape index (κ1) is 21.6. The Bertz CT molecular complexity index is 1030. The van der Waals surface area contributed by atoms with Crippen LogP contribution in [0.15, 0.2) is 53.9 Å². The number of amides is 2. The Morgan fingerprint density at radius 2 is 1.83 bits per heavy atom. The first-order valence-electron chi connectivity index (χ1n) is 9.63. The molecule has 0 fully saturated rings. The van der Waals surface area contributed by atoms with E-state index in [2.05, 4.69) is 27.1 Å². The zero-order valence-corrected chi connectivity index (χ0v) is 18.1. The van der Waals surface area contributed by atoms with Crippen molar-refractivity contribution >= 4 is 23.6 Å². The van der Waals surface area contributed by atoms with E-state index in [1.807, 2.05) is 49.7 Å². The van der Waals surface area contributed by atoms with Crippen molar-refractivity contribution in [1.29, 1.82) is 0 Å². The Labute approximate surface area is 180 Å². The molecule has 0 unspecified atom stereocenters. The van der Waals surface area contributed by atoms with Gasteiger partial charge < -0.3 is 4.57 Å². The molecule has 30 heavy (non-hydrogen) atoms. The van der Waals surface area contributed by atoms with Crippen molar-refractivity contribution in [3.8, 4) is 0 Å². The molecule has 8 heteroatoms. The topological polar surface area (TPSA) is 88.9 Å². The van der Waals surface area contributed by atoms with Gasteiger partial charge in [-0.15, -0.1) is 10.2 Å². The maximum atomic E-state index is 12.3. The molecule has 2 amide bonds. The lowest BCUT2D eigenvalue weighted by atomic mass is 10.0. The summed E-state index contributed by atoms with van der Waals surface area (Å²) in [5, 5.41) is 8.71. The molecule has 0 saturated carbocycles. The Kier molecular flexibility index (Phi) is 7.24. The second-order valence-corrected chi connectivity index (χ2v) is 8.08. The van der Waals surface area contributed by atoms with Gasteiger partial charge in [-0.05, 0) is 49.1 Å². The summed E-state index contributed by atoms with van der Waals surface area (Å²) in [6.07, 6.45) is 2.60. The monoisotopic (exact) mass is 423 g/mol. The first-order chi connectivity index (χ1) is 14.4. The second kappa shape index (κ2) is 10.1. The highest BCUT2D eigenvalue weighted by Gasteiger charge is 2.09. The molecule has 0 aliphatic carbocycles. The van der Waals surface area contributed by atoms with Crippen molar-refractivity contribution in [2.45, 2.75) is 37.6 Å². The number of hydrogen-bond acceptors (Lipinski definition) is 5. The van der Waals surface area contributed by atoms with E-state index in [-0.39, 0.29) is 11.8 Å². The predicted molar refractivity (Wildman–Crippen MR) is 117 cm³/mol. The van der Waals surface area contributed by atoms with E-state index in [1.54, 1.807) is 30.2 Å². The van der Waals surface area contributed by atoms with Crippen LogP contribution in [-0.4, -0.2) is 26.6 Å². The van der Waals surface area contributed by atoms with Gasteiger partial charge in [0.15, 0.2) is 5.16 Å². The smallest absolute Gasteiger partial charge is 0.269 e. The summed E-state index contributed by atoms with van der Waals surface area (Å²) in [5.74, 6) is 0.159. The number of carbonyl (C=O) groups is 2. The van der Waals surface area contributed by atoms with Gasteiger partial charge >= 0.3 is 0 Å². The van der Waals surface area contributed by atoms with Crippen molar-refractivity contribution in [1.82, 2.24) is 25.6 Å². The van der Waals surface area contributed by atoms with Crippen molar-refractivity contribution in [3.63, 3.8) is 0 Å². The second-order valence-electron chi connectivity index (χ2n) is 7.14. The third-order valence-corrected chi connectivity index (χ3v) is 5.79. The molecule has 3 rings (SSSR count). The fourth-order valence-corrected chi connectivity index (χ4v) is 3.78. The summed E-state index contributed by atoms with van der Waals surface area (Å²) in [6, 6.07) is 13.4. The fourth-order valence-electron chi connectivity index (χ4n) is 2.94. The highest BCUT2D eigenvalue weighted by molar-refractivity contribution is 7.98. The van der Waals surface area contributed by atoms with Crippen molar-refractivity contribution in [3.05, 3.63) is 76.6 Å². The molecule has 0 saturated heterocycles. The number of carbonyl (C=O) groups excluding carboxylic acids is 2. The summed E-state index contributed by atoms with van der Waals surface area (Å²) in [6.45, 7) is 4.08. The molecule has 2 aromatic carbocycles. The lowest BCUT2D eigenvalue weighted by Gasteiger charge is -2.09. The van der Waals surface area contributed by atoms with Crippen LogP contribution in [0.2, 0.25) is 0 Å². The van der Waals surface area contributed by atoms with Crippen LogP contribution in [-0.2, 0) is 24.0 Å². The van der Waals surface area contributed by atoms with Crippen LogP contribution in [0.1, 0.15) is 39.0 Å². The van der Waals surface area contributed by atoms with Crippen LogP contribution in [0.3, 0.4) is 0 Å². The molecular weight excluding hydrogens is 398 g/mol. The molecule has 0 radical (unpaired) electrons. The van der Waals surface area contributed by atoms with Gasteiger partial charge in [-0.1, -0.05) is 47.7 Å². The molecular formula is C22H25N5O2S. The van der Waals surface area contributed by atoms with Gasteiger partial charge in [-0.2, -0.15) is 0 Å². The van der Waals surface area contributed by atoms with Gasteiger partial charge in [0.1, 0.15) is 6.33 Å². The molecule has 0 bridgehead atoms. The molecule has 156 valence electrons. The molecule has 1 aromatic heterocycles. The summed E-state index contributed by atoms with van der Waals surface area (Å²) in [5.41, 5.74) is 10.0. The van der Waals surface area contributed by atoms with Gasteiger partial charge in [0.05, 0.1) is 0 Å². The van der Waals surface area contributed by atoms with Crippen molar-refractivity contribution in [2.24, 2.45) is 7.05 Å². The van der Waals surface area contributed by atoms with E-state index in [0.29, 0.717) is 18.4 Å². The number of rotatable bonds is 7. The fraction of sp³-hybridized carbons (Fsp3) is 0.273. The Morgan fingerprint density at radius 3 is 2.50 bits per heavy atom. The van der Waals surface area contributed by atoms with E-state index in [1.165, 1.54) is 11.1 Å². The normalized spacial score (nSPS) is 10.6. The van der Waals surface area contributed by atoms with Gasteiger partial charge in [-0.25, -0.2) is 0 Å². The SMILES string of the molecule is Cc1ccc(CCC(=O)NNC(=O)c2ccc(CSc3nncn3C)cc2)c(C)c1. The number of hydrazine groups is 1. The average molecular weight is 424 g/mol. The molecule has 0 aliphatic heterocycles. The van der Waals surface area contributed by atoms with Crippen LogP contribution < -0.4 is 10.9 Å². The van der Waals surface area contributed by atoms with Gasteiger partial charge in [-0.3, -0.25) is 20.4 Å². The molecule has 3 aromatic rings. The standard InChI is InChI=1S/C22H25N5O2S/c1-15-4-7-18(16(2)12-15)10-11-20(28)24-25-21(29)19-8-5-17(6-9-19)13-30-22-26-23-14-27(22)3/h4-9,12,14H,10-11,13H2,1-3H3,(H,24,28)(H,25,29). The molecule has 7 nitrogen and oxygen atoms in total. The minimum Gasteiger partial charge on any atom is -0.312 e. The summed E-state index contributed by atoms with van der Waals surface area (Å²) < 4.78 is 1.86. The predicted octanol–water partition coefficient (Wildman–Crippen LogP) is 3.12. The molecule has 1 heterocycles. The average Bonchev–Trinajstić information content (AvgIpc) is 3.15. The number of benzene rings is 2. The van der Waals surface area contributed by atoms with Crippen LogP contribution >= 0.6 is 11.8 Å². The van der Waals surface area contributed by atoms with E-state index < -0.39 is 0 Å². The van der Waals surface area contributed by atoms with Crippen LogP contribution in [0.25, 0.3) is 0 Å². The minimum absolute atomic E-state index is 0.222. The number of aryl methyl sites for hydroxylation is 4. The number of thioether (sulfide) groups is 1. The Hall–Kier alpha value is -3.13. The number of nitrogens with one attached hydrogen (secondary N) is 2. The maximum Gasteiger partial charge on any atom is 0.269 e. The van der Waals surface area contributed by atoms with Gasteiger partial charge in [0.2, 0.25) is 5.91 Å². The number of hydrogen-bond donors (Lipinski definition) is 2. The van der Waals surface area contributed by atoms with Gasteiger partial charge in [0.25, 0.3) is 5.91 Å². The highest BCUT2D eigenvalue weighted by atomic mass is 32.2.